The number of carbonyl (C=O) groups is 2. The van der Waals surface area contributed by atoms with Gasteiger partial charge in [0.05, 0.1) is 5.69 Å². The van der Waals surface area contributed by atoms with Gasteiger partial charge in [-0.15, -0.1) is 0 Å². The molecule has 2 aliphatic rings. The maximum absolute atomic E-state index is 13.1. The molecule has 8 heteroatoms. The number of hydrogen-bond acceptors (Lipinski definition) is 4. The number of halogens is 1. The van der Waals surface area contributed by atoms with E-state index in [1.165, 1.54) is 24.3 Å². The van der Waals surface area contributed by atoms with E-state index in [9.17, 15) is 14.0 Å². The van der Waals surface area contributed by atoms with Gasteiger partial charge < -0.3 is 10.6 Å². The Morgan fingerprint density at radius 3 is 2.69 bits per heavy atom. The fourth-order valence-corrected chi connectivity index (χ4v) is 3.06. The quantitative estimate of drug-likeness (QED) is 0.782. The topological polar surface area (TPSA) is 88.1 Å². The van der Waals surface area contributed by atoms with Crippen LogP contribution in [0.2, 0.25) is 0 Å². The van der Waals surface area contributed by atoms with Crippen LogP contribution < -0.4 is 16.0 Å². The van der Waals surface area contributed by atoms with E-state index >= 15 is 0 Å². The normalized spacial score (nSPS) is 22.8. The highest BCUT2D eigenvalue weighted by Crippen LogP contribution is 2.40. The van der Waals surface area contributed by atoms with Gasteiger partial charge in [0.25, 0.3) is 5.91 Å². The van der Waals surface area contributed by atoms with Crippen LogP contribution in [-0.4, -0.2) is 27.6 Å². The smallest absolute Gasteiger partial charge is 0.256 e. The fraction of sp³-hybridized carbons (Fsp3) is 0.389. The summed E-state index contributed by atoms with van der Waals surface area (Å²) in [6.45, 7) is 1.92. The molecule has 0 radical (unpaired) electrons. The van der Waals surface area contributed by atoms with Gasteiger partial charge >= 0.3 is 0 Å². The van der Waals surface area contributed by atoms with Gasteiger partial charge in [0.15, 0.2) is 6.29 Å². The number of benzene rings is 1. The van der Waals surface area contributed by atoms with Crippen molar-refractivity contribution in [3.63, 3.8) is 0 Å². The highest BCUT2D eigenvalue weighted by Gasteiger charge is 2.31. The van der Waals surface area contributed by atoms with Crippen LogP contribution in [-0.2, 0) is 4.79 Å². The molecule has 0 bridgehead atoms. The molecule has 0 spiro atoms. The molecule has 1 saturated carbocycles. The van der Waals surface area contributed by atoms with Crippen LogP contribution in [0.5, 0.6) is 0 Å². The van der Waals surface area contributed by atoms with Crippen LogP contribution in [0.15, 0.2) is 30.3 Å². The van der Waals surface area contributed by atoms with Crippen LogP contribution in [0.4, 0.5) is 10.2 Å². The lowest BCUT2D eigenvalue weighted by molar-refractivity contribution is -0.125. The zero-order chi connectivity index (χ0) is 18.3. The average molecular weight is 357 g/mol. The van der Waals surface area contributed by atoms with Crippen LogP contribution in [0, 0.1) is 5.82 Å². The third-order valence-electron chi connectivity index (χ3n) is 4.57. The second-order valence-corrected chi connectivity index (χ2v) is 6.88. The first-order valence-corrected chi connectivity index (χ1v) is 8.71. The number of hydrogen-bond donors (Lipinski definition) is 3. The molecule has 2 fully saturated rings. The van der Waals surface area contributed by atoms with Crippen molar-refractivity contribution in [2.45, 2.75) is 44.4 Å². The van der Waals surface area contributed by atoms with Crippen LogP contribution in [0.3, 0.4) is 0 Å². The molecule has 1 aromatic heterocycles. The van der Waals surface area contributed by atoms with Gasteiger partial charge in [0, 0.05) is 30.0 Å². The first-order chi connectivity index (χ1) is 12.5. The van der Waals surface area contributed by atoms with E-state index in [0.29, 0.717) is 23.7 Å². The minimum absolute atomic E-state index is 0.00275. The molecule has 2 heterocycles. The van der Waals surface area contributed by atoms with Crippen molar-refractivity contribution in [3.05, 3.63) is 47.4 Å². The van der Waals surface area contributed by atoms with Gasteiger partial charge in [-0.1, -0.05) is 0 Å². The van der Waals surface area contributed by atoms with Crippen molar-refractivity contribution in [1.29, 1.82) is 0 Å². The van der Waals surface area contributed by atoms with E-state index in [2.05, 4.69) is 21.0 Å². The molecule has 2 atom stereocenters. The molecule has 1 aromatic carbocycles. The molecule has 136 valence electrons. The Morgan fingerprint density at radius 1 is 1.31 bits per heavy atom. The average Bonchev–Trinajstić information content (AvgIpc) is 3.36. The number of anilines is 1. The second kappa shape index (κ2) is 6.53. The van der Waals surface area contributed by atoms with Crippen molar-refractivity contribution in [1.82, 2.24) is 20.4 Å². The monoisotopic (exact) mass is 357 g/mol. The molecule has 2 unspecified atom stereocenters. The molecular formula is C18H20FN5O2. The van der Waals surface area contributed by atoms with E-state index in [0.717, 1.165) is 18.5 Å². The summed E-state index contributed by atoms with van der Waals surface area (Å²) in [6, 6.07) is 7.18. The summed E-state index contributed by atoms with van der Waals surface area (Å²) in [5.41, 5.74) is 1.25. The molecule has 26 heavy (non-hydrogen) atoms. The molecule has 3 N–H and O–H groups in total. The third-order valence-corrected chi connectivity index (χ3v) is 4.57. The van der Waals surface area contributed by atoms with E-state index < -0.39 is 12.1 Å². The molecule has 1 aliphatic carbocycles. The summed E-state index contributed by atoms with van der Waals surface area (Å²) < 4.78 is 14.7. The Labute approximate surface area is 150 Å². The SMILES string of the molecule is CC1CC(=O)NC(n2nc(C3CC3)cc2NC(=O)c2ccc(F)cc2)N1. The van der Waals surface area contributed by atoms with Crippen molar-refractivity contribution < 1.29 is 14.0 Å². The standard InChI is InChI=1S/C18H20FN5O2/c1-10-8-16(25)22-18(20-10)24-15(9-14(23-24)11-2-3-11)21-17(26)12-4-6-13(19)7-5-12/h4-7,9-11,18,20H,2-3,8H2,1H3,(H,21,26)(H,22,25). The van der Waals surface area contributed by atoms with Gasteiger partial charge in [-0.25, -0.2) is 9.07 Å². The minimum atomic E-state index is -0.526. The summed E-state index contributed by atoms with van der Waals surface area (Å²) >= 11 is 0. The number of carbonyl (C=O) groups excluding carboxylic acids is 2. The largest absolute Gasteiger partial charge is 0.322 e. The minimum Gasteiger partial charge on any atom is -0.322 e. The van der Waals surface area contributed by atoms with E-state index in [1.807, 2.05) is 13.0 Å². The van der Waals surface area contributed by atoms with Gasteiger partial charge in [-0.3, -0.25) is 14.9 Å². The molecule has 7 nitrogen and oxygen atoms in total. The van der Waals surface area contributed by atoms with Crippen molar-refractivity contribution >= 4 is 17.6 Å². The zero-order valence-electron chi connectivity index (χ0n) is 14.3. The lowest BCUT2D eigenvalue weighted by Crippen LogP contribution is -2.52. The first kappa shape index (κ1) is 16.7. The van der Waals surface area contributed by atoms with Crippen molar-refractivity contribution in [2.24, 2.45) is 0 Å². The number of nitrogens with one attached hydrogen (secondary N) is 3. The second-order valence-electron chi connectivity index (χ2n) is 6.88. The van der Waals surface area contributed by atoms with Crippen molar-refractivity contribution in [2.75, 3.05) is 5.32 Å². The van der Waals surface area contributed by atoms with E-state index in [1.54, 1.807) is 4.68 Å². The maximum Gasteiger partial charge on any atom is 0.256 e. The van der Waals surface area contributed by atoms with Crippen LogP contribution in [0.25, 0.3) is 0 Å². The molecule has 4 rings (SSSR count). The summed E-state index contributed by atoms with van der Waals surface area (Å²) in [7, 11) is 0. The summed E-state index contributed by atoms with van der Waals surface area (Å²) in [5.74, 6) is 0.0671. The number of rotatable bonds is 4. The lowest BCUT2D eigenvalue weighted by Gasteiger charge is -2.30. The first-order valence-electron chi connectivity index (χ1n) is 8.71. The molecule has 2 amide bonds. The molecule has 1 saturated heterocycles. The Balaban J connectivity index is 1.61. The van der Waals surface area contributed by atoms with Crippen LogP contribution in [0.1, 0.15) is 54.4 Å². The Bertz CT molecular complexity index is 844. The summed E-state index contributed by atoms with van der Waals surface area (Å²) in [4.78, 5) is 24.4. The van der Waals surface area contributed by atoms with Gasteiger partial charge in [0.2, 0.25) is 5.91 Å². The predicted octanol–water partition coefficient (Wildman–Crippen LogP) is 2.11. The Morgan fingerprint density at radius 2 is 2.04 bits per heavy atom. The Kier molecular flexibility index (Phi) is 4.20. The zero-order valence-corrected chi connectivity index (χ0v) is 14.3. The maximum atomic E-state index is 13.1. The third kappa shape index (κ3) is 3.45. The van der Waals surface area contributed by atoms with Gasteiger partial charge in [0.1, 0.15) is 11.6 Å². The molecule has 2 aromatic rings. The van der Waals surface area contributed by atoms with Gasteiger partial charge in [-0.05, 0) is 44.0 Å². The fourth-order valence-electron chi connectivity index (χ4n) is 3.06. The van der Waals surface area contributed by atoms with E-state index in [4.69, 9.17) is 0 Å². The summed E-state index contributed by atoms with van der Waals surface area (Å²) in [5, 5.41) is 13.5. The Hall–Kier alpha value is -2.74. The van der Waals surface area contributed by atoms with Gasteiger partial charge in [-0.2, -0.15) is 5.10 Å². The number of amides is 2. The molecular weight excluding hydrogens is 337 g/mol. The molecule has 1 aliphatic heterocycles. The number of aromatic nitrogens is 2. The highest BCUT2D eigenvalue weighted by atomic mass is 19.1. The van der Waals surface area contributed by atoms with Crippen LogP contribution >= 0.6 is 0 Å². The highest BCUT2D eigenvalue weighted by molar-refractivity contribution is 6.03. The van der Waals surface area contributed by atoms with E-state index in [-0.39, 0.29) is 17.9 Å². The van der Waals surface area contributed by atoms with Crippen molar-refractivity contribution in [3.8, 4) is 0 Å². The predicted molar refractivity (Wildman–Crippen MR) is 92.9 cm³/mol. The summed E-state index contributed by atoms with van der Waals surface area (Å²) in [6.07, 6.45) is 2.01. The lowest BCUT2D eigenvalue weighted by atomic mass is 10.2. The number of nitrogens with zero attached hydrogens (tertiary/aromatic N) is 2.